The Bertz CT molecular complexity index is 1520. The number of imide groups is 1. The van der Waals surface area contributed by atoms with Crippen LogP contribution in [-0.2, 0) is 35.1 Å². The number of hydrogen-bond donors (Lipinski definition) is 5. The maximum Gasteiger partial charge on any atom is 0.255 e. The zero-order valence-corrected chi connectivity index (χ0v) is 24.7. The predicted octanol–water partition coefficient (Wildman–Crippen LogP) is 0.690. The van der Waals surface area contributed by atoms with Crippen LogP contribution in [0.3, 0.4) is 0 Å². The lowest BCUT2D eigenvalue weighted by Gasteiger charge is -2.29. The smallest absolute Gasteiger partial charge is 0.255 e. The SMILES string of the molecule is NCOCCOCCOCCNC(=O)CNc1cc2c(cc1Nc1ncnc3sccc13)CN(C1CCC(=O)NC1=O)C2=O. The van der Waals surface area contributed by atoms with Crippen LogP contribution in [0.2, 0.25) is 0 Å². The lowest BCUT2D eigenvalue weighted by atomic mass is 10.0. The van der Waals surface area contributed by atoms with E-state index in [-0.39, 0.29) is 50.4 Å². The van der Waals surface area contributed by atoms with Crippen molar-refractivity contribution in [3.8, 4) is 0 Å². The average Bonchev–Trinajstić information content (AvgIpc) is 3.62. The molecule has 44 heavy (non-hydrogen) atoms. The third-order valence-electron chi connectivity index (χ3n) is 7.05. The highest BCUT2D eigenvalue weighted by Gasteiger charge is 2.39. The summed E-state index contributed by atoms with van der Waals surface area (Å²) >= 11 is 1.49. The van der Waals surface area contributed by atoms with E-state index in [1.807, 2.05) is 17.5 Å². The molecule has 16 heteroatoms. The summed E-state index contributed by atoms with van der Waals surface area (Å²) in [6.07, 6.45) is 1.89. The number of rotatable bonds is 16. The molecule has 0 bridgehead atoms. The van der Waals surface area contributed by atoms with Crippen LogP contribution >= 0.6 is 11.3 Å². The van der Waals surface area contributed by atoms with Crippen LogP contribution in [0.15, 0.2) is 29.9 Å². The normalized spacial score (nSPS) is 16.2. The molecule has 234 valence electrons. The number of amides is 4. The van der Waals surface area contributed by atoms with Gasteiger partial charge in [-0.15, -0.1) is 11.3 Å². The van der Waals surface area contributed by atoms with Crippen LogP contribution in [0.4, 0.5) is 17.2 Å². The number of ether oxygens (including phenoxy) is 3. The first-order valence-electron chi connectivity index (χ1n) is 14.1. The summed E-state index contributed by atoms with van der Waals surface area (Å²) < 4.78 is 15.8. The highest BCUT2D eigenvalue weighted by molar-refractivity contribution is 7.16. The molecule has 4 amide bonds. The van der Waals surface area contributed by atoms with Crippen molar-refractivity contribution in [3.63, 3.8) is 0 Å². The summed E-state index contributed by atoms with van der Waals surface area (Å²) in [6.45, 7) is 2.55. The van der Waals surface area contributed by atoms with Gasteiger partial charge >= 0.3 is 0 Å². The first-order valence-corrected chi connectivity index (χ1v) is 15.0. The highest BCUT2D eigenvalue weighted by atomic mass is 32.1. The summed E-state index contributed by atoms with van der Waals surface area (Å²) in [5.41, 5.74) is 7.46. The van der Waals surface area contributed by atoms with Gasteiger partial charge in [-0.2, -0.15) is 0 Å². The second kappa shape index (κ2) is 15.0. The van der Waals surface area contributed by atoms with Crippen molar-refractivity contribution in [1.82, 2.24) is 25.5 Å². The van der Waals surface area contributed by atoms with Gasteiger partial charge in [-0.25, -0.2) is 9.97 Å². The van der Waals surface area contributed by atoms with Crippen molar-refractivity contribution >= 4 is 62.4 Å². The standard InChI is InChI=1S/C28H34N8O7S/c29-15-43-9-8-42-7-6-41-5-4-30-24(38)13-31-20-12-19-17(14-36(28(19)40)22-1-2-23(37)35-26(22)39)11-21(20)34-25-18-3-10-44-27(18)33-16-32-25/h3,10-12,16,22,31H,1-2,4-9,13-15,29H2,(H,30,38)(H,32,33,34)(H,35,37,39). The number of thiophene rings is 1. The molecule has 5 rings (SSSR count). The summed E-state index contributed by atoms with van der Waals surface area (Å²) in [6, 6.07) is 4.66. The Morgan fingerprint density at radius 3 is 2.66 bits per heavy atom. The van der Waals surface area contributed by atoms with Crippen molar-refractivity contribution in [2.45, 2.75) is 25.4 Å². The van der Waals surface area contributed by atoms with Crippen LogP contribution in [0.5, 0.6) is 0 Å². The van der Waals surface area contributed by atoms with Crippen LogP contribution in [0.1, 0.15) is 28.8 Å². The molecule has 6 N–H and O–H groups in total. The molecule has 0 radical (unpaired) electrons. The van der Waals surface area contributed by atoms with Gasteiger partial charge in [0.05, 0.1) is 63.1 Å². The Kier molecular flexibility index (Phi) is 10.6. The molecule has 0 spiro atoms. The Labute approximate surface area is 256 Å². The quantitative estimate of drug-likeness (QED) is 0.0848. The number of fused-ring (bicyclic) bond motifs is 2. The van der Waals surface area contributed by atoms with Gasteiger partial charge in [0.25, 0.3) is 5.91 Å². The van der Waals surface area contributed by atoms with Gasteiger partial charge in [0.1, 0.15) is 23.0 Å². The summed E-state index contributed by atoms with van der Waals surface area (Å²) in [7, 11) is 0. The van der Waals surface area contributed by atoms with E-state index in [2.05, 4.69) is 31.2 Å². The zero-order chi connectivity index (χ0) is 30.9. The van der Waals surface area contributed by atoms with Gasteiger partial charge in [0.2, 0.25) is 17.7 Å². The first kappa shape index (κ1) is 31.2. The minimum Gasteiger partial charge on any atom is -0.377 e. The Hall–Kier alpha value is -4.22. The van der Waals surface area contributed by atoms with Crippen molar-refractivity contribution in [1.29, 1.82) is 0 Å². The van der Waals surface area contributed by atoms with E-state index in [1.54, 1.807) is 6.07 Å². The molecule has 1 aromatic carbocycles. The van der Waals surface area contributed by atoms with E-state index >= 15 is 0 Å². The van der Waals surface area contributed by atoms with E-state index in [9.17, 15) is 19.2 Å². The second-order valence-corrected chi connectivity index (χ2v) is 10.8. The molecular formula is C28H34N8O7S. The largest absolute Gasteiger partial charge is 0.377 e. The third kappa shape index (κ3) is 7.64. The van der Waals surface area contributed by atoms with E-state index in [4.69, 9.17) is 19.9 Å². The number of nitrogens with zero attached hydrogens (tertiary/aromatic N) is 3. The third-order valence-corrected chi connectivity index (χ3v) is 7.87. The van der Waals surface area contributed by atoms with E-state index < -0.39 is 11.9 Å². The number of carbonyl (C=O) groups excluding carboxylic acids is 4. The van der Waals surface area contributed by atoms with Crippen molar-refractivity contribution in [3.05, 3.63) is 41.0 Å². The number of carbonyl (C=O) groups is 4. The minimum absolute atomic E-state index is 0.0690. The number of nitrogens with one attached hydrogen (secondary N) is 4. The van der Waals surface area contributed by atoms with Crippen molar-refractivity contribution in [2.75, 3.05) is 63.5 Å². The number of nitrogens with two attached hydrogens (primary N) is 1. The molecule has 1 atom stereocenters. The van der Waals surface area contributed by atoms with Gasteiger partial charge in [-0.3, -0.25) is 24.5 Å². The van der Waals surface area contributed by atoms with E-state index in [0.717, 1.165) is 10.2 Å². The number of benzene rings is 1. The van der Waals surface area contributed by atoms with Gasteiger partial charge in [-0.1, -0.05) is 0 Å². The number of hydrogen-bond acceptors (Lipinski definition) is 13. The van der Waals surface area contributed by atoms with Crippen LogP contribution in [0, 0.1) is 0 Å². The van der Waals surface area contributed by atoms with Crippen LogP contribution in [0.25, 0.3) is 10.2 Å². The van der Waals surface area contributed by atoms with Crippen molar-refractivity contribution in [2.24, 2.45) is 5.73 Å². The van der Waals surface area contributed by atoms with Gasteiger partial charge in [-0.05, 0) is 35.6 Å². The molecule has 15 nitrogen and oxygen atoms in total. The molecule has 1 saturated heterocycles. The fourth-order valence-electron chi connectivity index (χ4n) is 4.91. The summed E-state index contributed by atoms with van der Waals surface area (Å²) in [4.78, 5) is 61.2. The monoisotopic (exact) mass is 626 g/mol. The summed E-state index contributed by atoms with van der Waals surface area (Å²) in [5, 5.41) is 14.3. The molecule has 4 heterocycles. The number of piperidine rings is 1. The maximum absolute atomic E-state index is 13.4. The Balaban J connectivity index is 1.23. The van der Waals surface area contributed by atoms with Gasteiger partial charge < -0.3 is 40.8 Å². The fraction of sp³-hybridized carbons (Fsp3) is 0.429. The average molecular weight is 627 g/mol. The topological polar surface area (TPSA) is 199 Å². The van der Waals surface area contributed by atoms with E-state index in [1.165, 1.54) is 22.6 Å². The molecule has 2 aliphatic rings. The molecule has 1 unspecified atom stereocenters. The first-order chi connectivity index (χ1) is 21.4. The number of anilines is 3. The lowest BCUT2D eigenvalue weighted by molar-refractivity contribution is -0.137. The minimum atomic E-state index is -0.738. The number of aromatic nitrogens is 2. The predicted molar refractivity (Wildman–Crippen MR) is 161 cm³/mol. The molecule has 3 aromatic rings. The fourth-order valence-corrected chi connectivity index (χ4v) is 5.64. The molecule has 0 saturated carbocycles. The van der Waals surface area contributed by atoms with Crippen molar-refractivity contribution < 1.29 is 33.4 Å². The zero-order valence-electron chi connectivity index (χ0n) is 23.9. The van der Waals surface area contributed by atoms with E-state index in [0.29, 0.717) is 67.9 Å². The highest BCUT2D eigenvalue weighted by Crippen LogP contribution is 2.36. The van der Waals surface area contributed by atoms with Crippen LogP contribution < -0.4 is 27.0 Å². The summed E-state index contributed by atoms with van der Waals surface area (Å²) in [5.74, 6) is -0.840. The van der Waals surface area contributed by atoms with Gasteiger partial charge in [0, 0.05) is 25.1 Å². The maximum atomic E-state index is 13.4. The molecule has 2 aromatic heterocycles. The lowest BCUT2D eigenvalue weighted by Crippen LogP contribution is -2.52. The second-order valence-electron chi connectivity index (χ2n) is 9.94. The Morgan fingerprint density at radius 2 is 1.86 bits per heavy atom. The van der Waals surface area contributed by atoms with Crippen LogP contribution in [-0.4, -0.2) is 97.4 Å². The Morgan fingerprint density at radius 1 is 1.07 bits per heavy atom. The van der Waals surface area contributed by atoms with Gasteiger partial charge in [0.15, 0.2) is 0 Å². The molecule has 2 aliphatic heterocycles. The molecule has 0 aliphatic carbocycles. The molecule has 1 fully saturated rings. The molecular weight excluding hydrogens is 592 g/mol.